The summed E-state index contributed by atoms with van der Waals surface area (Å²) in [5, 5.41) is 14.4. The average Bonchev–Trinajstić information content (AvgIpc) is 3.41. The van der Waals surface area contributed by atoms with Crippen LogP contribution < -0.4 is 0 Å². The van der Waals surface area contributed by atoms with Gasteiger partial charge in [0.25, 0.3) is 5.92 Å². The fourth-order valence-electron chi connectivity index (χ4n) is 5.88. The lowest BCUT2D eigenvalue weighted by atomic mass is 9.72. The van der Waals surface area contributed by atoms with E-state index in [0.29, 0.717) is 0 Å². The van der Waals surface area contributed by atoms with Crippen LogP contribution in [0.5, 0.6) is 0 Å². The SMILES string of the molecule is C[C@H](C1CCC(c2cccc3ncnn23)CC1)[C@@H](C(=O)N1CCC(F)(F)C1)N(C(=O)O)C(C)(C)C. The van der Waals surface area contributed by atoms with E-state index >= 15 is 0 Å². The fourth-order valence-corrected chi connectivity index (χ4v) is 5.88. The normalized spacial score (nSPS) is 24.3. The van der Waals surface area contributed by atoms with Crippen LogP contribution in [0.3, 0.4) is 0 Å². The lowest BCUT2D eigenvalue weighted by molar-refractivity contribution is -0.142. The van der Waals surface area contributed by atoms with Gasteiger partial charge in [0.2, 0.25) is 5.91 Å². The Morgan fingerprint density at radius 1 is 1.20 bits per heavy atom. The van der Waals surface area contributed by atoms with Gasteiger partial charge in [0.15, 0.2) is 5.65 Å². The molecular weight excluding hydrogens is 456 g/mol. The number of halogens is 2. The second-order valence-corrected chi connectivity index (χ2v) is 11.1. The molecule has 8 nitrogen and oxygen atoms in total. The lowest BCUT2D eigenvalue weighted by Gasteiger charge is -2.45. The molecule has 0 aromatic carbocycles. The van der Waals surface area contributed by atoms with E-state index < -0.39 is 36.0 Å². The molecule has 1 saturated heterocycles. The van der Waals surface area contributed by atoms with Gasteiger partial charge in [0, 0.05) is 30.1 Å². The van der Waals surface area contributed by atoms with E-state index in [9.17, 15) is 23.5 Å². The molecular formula is C25H35F2N5O3. The minimum atomic E-state index is -2.93. The minimum Gasteiger partial charge on any atom is -0.465 e. The number of carbonyl (C=O) groups excluding carboxylic acids is 1. The number of hydrogen-bond donors (Lipinski definition) is 1. The number of carboxylic acid groups (broad SMARTS) is 1. The van der Waals surface area contributed by atoms with Crippen molar-refractivity contribution in [1.29, 1.82) is 0 Å². The lowest BCUT2D eigenvalue weighted by Crippen LogP contribution is -2.60. The molecule has 3 heterocycles. The number of fused-ring (bicyclic) bond motifs is 1. The molecule has 192 valence electrons. The molecule has 10 heteroatoms. The Labute approximate surface area is 204 Å². The first kappa shape index (κ1) is 25.3. The smallest absolute Gasteiger partial charge is 0.408 e. The van der Waals surface area contributed by atoms with Crippen LogP contribution in [0.15, 0.2) is 24.5 Å². The Bertz CT molecular complexity index is 1070. The summed E-state index contributed by atoms with van der Waals surface area (Å²) in [4.78, 5) is 32.5. The molecule has 2 amide bonds. The Kier molecular flexibility index (Phi) is 6.76. The van der Waals surface area contributed by atoms with Gasteiger partial charge < -0.3 is 10.0 Å². The van der Waals surface area contributed by atoms with Crippen molar-refractivity contribution >= 4 is 17.6 Å². The largest absolute Gasteiger partial charge is 0.465 e. The average molecular weight is 492 g/mol. The van der Waals surface area contributed by atoms with Crippen molar-refractivity contribution in [2.24, 2.45) is 11.8 Å². The number of alkyl halides is 2. The zero-order valence-corrected chi connectivity index (χ0v) is 20.8. The van der Waals surface area contributed by atoms with Crippen molar-refractivity contribution in [3.63, 3.8) is 0 Å². The van der Waals surface area contributed by atoms with Gasteiger partial charge in [0.1, 0.15) is 12.4 Å². The number of hydrogen-bond acceptors (Lipinski definition) is 4. The third-order valence-electron chi connectivity index (χ3n) is 7.70. The molecule has 4 rings (SSSR count). The number of nitrogens with zero attached hydrogens (tertiary/aromatic N) is 5. The Morgan fingerprint density at radius 2 is 1.89 bits per heavy atom. The standard InChI is InChI=1S/C25H35F2N5O3/c1-16(17-8-10-18(11-9-17)19-6-5-7-20-28-15-29-32(19)20)21(31(23(34)35)24(2,3)4)22(33)30-13-12-25(26,27)14-30/h5-7,15-18,21H,8-14H2,1-4H3,(H,34,35)/t16-,17?,18?,21+/m1/s1. The van der Waals surface area contributed by atoms with Crippen LogP contribution in [0.25, 0.3) is 5.65 Å². The van der Waals surface area contributed by atoms with E-state index in [-0.39, 0.29) is 30.7 Å². The molecule has 0 spiro atoms. The second-order valence-electron chi connectivity index (χ2n) is 11.1. The Balaban J connectivity index is 1.55. The third-order valence-corrected chi connectivity index (χ3v) is 7.70. The van der Waals surface area contributed by atoms with Crippen molar-refractivity contribution < 1.29 is 23.5 Å². The monoisotopic (exact) mass is 491 g/mol. The van der Waals surface area contributed by atoms with Crippen LogP contribution in [0.4, 0.5) is 13.6 Å². The van der Waals surface area contributed by atoms with E-state index in [0.717, 1.165) is 41.9 Å². The van der Waals surface area contributed by atoms with Crippen LogP contribution in [-0.4, -0.2) is 72.1 Å². The number of aromatic nitrogens is 3. The Morgan fingerprint density at radius 3 is 2.46 bits per heavy atom. The van der Waals surface area contributed by atoms with Gasteiger partial charge in [-0.2, -0.15) is 5.10 Å². The van der Waals surface area contributed by atoms with Crippen molar-refractivity contribution in [3.05, 3.63) is 30.2 Å². The zero-order valence-electron chi connectivity index (χ0n) is 20.8. The van der Waals surface area contributed by atoms with Crippen LogP contribution >= 0.6 is 0 Å². The number of amides is 2. The van der Waals surface area contributed by atoms with Crippen LogP contribution in [0.2, 0.25) is 0 Å². The molecule has 0 unspecified atom stereocenters. The maximum absolute atomic E-state index is 13.9. The van der Waals surface area contributed by atoms with Gasteiger partial charge in [-0.3, -0.25) is 9.69 Å². The fraction of sp³-hybridized carbons (Fsp3) is 0.680. The van der Waals surface area contributed by atoms with Gasteiger partial charge in [-0.25, -0.2) is 23.1 Å². The van der Waals surface area contributed by atoms with Crippen molar-refractivity contribution in [3.8, 4) is 0 Å². The van der Waals surface area contributed by atoms with Crippen LogP contribution in [0, 0.1) is 11.8 Å². The van der Waals surface area contributed by atoms with Gasteiger partial charge >= 0.3 is 6.09 Å². The molecule has 1 aliphatic heterocycles. The molecule has 1 saturated carbocycles. The quantitative estimate of drug-likeness (QED) is 0.657. The zero-order chi connectivity index (χ0) is 25.5. The molecule has 2 atom stereocenters. The van der Waals surface area contributed by atoms with E-state index in [1.165, 1.54) is 11.2 Å². The highest BCUT2D eigenvalue weighted by Gasteiger charge is 2.48. The summed E-state index contributed by atoms with van der Waals surface area (Å²) in [6.45, 7) is 6.41. The van der Waals surface area contributed by atoms with E-state index in [2.05, 4.69) is 16.1 Å². The number of likely N-dealkylation sites (tertiary alicyclic amines) is 1. The van der Waals surface area contributed by atoms with E-state index in [1.54, 1.807) is 20.8 Å². The summed E-state index contributed by atoms with van der Waals surface area (Å²) >= 11 is 0. The summed E-state index contributed by atoms with van der Waals surface area (Å²) in [7, 11) is 0. The summed E-state index contributed by atoms with van der Waals surface area (Å²) in [5.74, 6) is -3.37. The summed E-state index contributed by atoms with van der Waals surface area (Å²) in [6.07, 6.45) is 3.32. The van der Waals surface area contributed by atoms with Crippen molar-refractivity contribution in [1.82, 2.24) is 24.4 Å². The predicted octanol–water partition coefficient (Wildman–Crippen LogP) is 4.65. The van der Waals surface area contributed by atoms with Gasteiger partial charge in [-0.15, -0.1) is 0 Å². The topological polar surface area (TPSA) is 91.0 Å². The van der Waals surface area contributed by atoms with Gasteiger partial charge in [-0.05, 0) is 70.4 Å². The summed E-state index contributed by atoms with van der Waals surface area (Å²) in [6, 6.07) is 4.93. The predicted molar refractivity (Wildman–Crippen MR) is 126 cm³/mol. The summed E-state index contributed by atoms with van der Waals surface area (Å²) in [5.41, 5.74) is 1.04. The van der Waals surface area contributed by atoms with Crippen molar-refractivity contribution in [2.75, 3.05) is 13.1 Å². The third kappa shape index (κ3) is 5.11. The maximum atomic E-state index is 13.9. The second kappa shape index (κ2) is 9.35. The van der Waals surface area contributed by atoms with Crippen LogP contribution in [0.1, 0.15) is 71.4 Å². The first-order chi connectivity index (χ1) is 16.4. The maximum Gasteiger partial charge on any atom is 0.408 e. The number of pyridine rings is 1. The summed E-state index contributed by atoms with van der Waals surface area (Å²) < 4.78 is 29.7. The Hall–Kier alpha value is -2.78. The first-order valence-corrected chi connectivity index (χ1v) is 12.4. The van der Waals surface area contributed by atoms with Crippen LogP contribution in [-0.2, 0) is 4.79 Å². The molecule has 0 radical (unpaired) electrons. The molecule has 2 aromatic rings. The highest BCUT2D eigenvalue weighted by molar-refractivity contribution is 5.86. The van der Waals surface area contributed by atoms with Gasteiger partial charge in [0.05, 0.1) is 6.54 Å². The minimum absolute atomic E-state index is 0.0543. The highest BCUT2D eigenvalue weighted by Crippen LogP contribution is 2.42. The number of rotatable bonds is 5. The molecule has 1 aliphatic carbocycles. The highest BCUT2D eigenvalue weighted by atomic mass is 19.3. The van der Waals surface area contributed by atoms with Gasteiger partial charge in [-0.1, -0.05) is 13.0 Å². The van der Waals surface area contributed by atoms with E-state index in [4.69, 9.17) is 0 Å². The molecule has 2 aliphatic rings. The molecule has 2 fully saturated rings. The first-order valence-electron chi connectivity index (χ1n) is 12.4. The molecule has 35 heavy (non-hydrogen) atoms. The van der Waals surface area contributed by atoms with E-state index in [1.807, 2.05) is 23.6 Å². The number of carbonyl (C=O) groups is 2. The van der Waals surface area contributed by atoms with Crippen molar-refractivity contribution in [2.45, 2.75) is 83.2 Å². The molecule has 1 N–H and O–H groups in total. The molecule has 0 bridgehead atoms. The molecule has 2 aromatic heterocycles.